The highest BCUT2D eigenvalue weighted by atomic mass is 32.2. The third-order valence-electron chi connectivity index (χ3n) is 5.01. The first kappa shape index (κ1) is 17.8. The first-order valence-electron chi connectivity index (χ1n) is 8.77. The molecule has 1 N–H and O–H groups in total. The molecule has 3 rings (SSSR count). The van der Waals surface area contributed by atoms with Crippen molar-refractivity contribution in [2.45, 2.75) is 50.9 Å². The molecule has 2 aliphatic rings. The molecule has 24 heavy (non-hydrogen) atoms. The van der Waals surface area contributed by atoms with Gasteiger partial charge in [-0.25, -0.2) is 13.1 Å². The monoisotopic (exact) mass is 353 g/mol. The molecule has 0 bridgehead atoms. The molecule has 0 aliphatic carbocycles. The van der Waals surface area contributed by atoms with Crippen LogP contribution in [-0.2, 0) is 21.3 Å². The SMILES string of the molecule is CCS(=O)(=O)NC[C@@H]1CCC[C@@]2(CCN(Cc3cccnc3)C2)O1. The van der Waals surface area contributed by atoms with Gasteiger partial charge in [0.15, 0.2) is 0 Å². The lowest BCUT2D eigenvalue weighted by Crippen LogP contribution is -2.46. The molecule has 3 heterocycles. The van der Waals surface area contributed by atoms with Crippen molar-refractivity contribution in [1.29, 1.82) is 0 Å². The smallest absolute Gasteiger partial charge is 0.211 e. The van der Waals surface area contributed by atoms with E-state index in [9.17, 15) is 8.42 Å². The Balaban J connectivity index is 1.54. The summed E-state index contributed by atoms with van der Waals surface area (Å²) in [6.07, 6.45) is 7.79. The minimum absolute atomic E-state index is 0.0154. The van der Waals surface area contributed by atoms with Gasteiger partial charge >= 0.3 is 0 Å². The van der Waals surface area contributed by atoms with Crippen molar-refractivity contribution in [3.8, 4) is 0 Å². The topological polar surface area (TPSA) is 71.5 Å². The van der Waals surface area contributed by atoms with E-state index in [-0.39, 0.29) is 17.5 Å². The van der Waals surface area contributed by atoms with Crippen molar-refractivity contribution < 1.29 is 13.2 Å². The van der Waals surface area contributed by atoms with Crippen LogP contribution in [-0.4, -0.2) is 55.4 Å². The number of ether oxygens (including phenoxy) is 1. The highest BCUT2D eigenvalue weighted by molar-refractivity contribution is 7.89. The van der Waals surface area contributed by atoms with Gasteiger partial charge in [0, 0.05) is 38.6 Å². The number of hydrogen-bond acceptors (Lipinski definition) is 5. The van der Waals surface area contributed by atoms with E-state index >= 15 is 0 Å². The summed E-state index contributed by atoms with van der Waals surface area (Å²) in [5, 5.41) is 0. The van der Waals surface area contributed by atoms with E-state index in [4.69, 9.17) is 4.74 Å². The van der Waals surface area contributed by atoms with Gasteiger partial charge in [0.1, 0.15) is 0 Å². The summed E-state index contributed by atoms with van der Waals surface area (Å²) in [5.41, 5.74) is 1.11. The molecule has 7 heteroatoms. The second kappa shape index (κ2) is 7.47. The largest absolute Gasteiger partial charge is 0.369 e. The molecule has 2 saturated heterocycles. The predicted molar refractivity (Wildman–Crippen MR) is 93.0 cm³/mol. The van der Waals surface area contributed by atoms with Gasteiger partial charge in [-0.15, -0.1) is 0 Å². The van der Waals surface area contributed by atoms with E-state index in [0.29, 0.717) is 6.54 Å². The van der Waals surface area contributed by atoms with Crippen molar-refractivity contribution in [1.82, 2.24) is 14.6 Å². The third-order valence-corrected chi connectivity index (χ3v) is 6.38. The van der Waals surface area contributed by atoms with Gasteiger partial charge in [0.05, 0.1) is 17.5 Å². The average Bonchev–Trinajstić information content (AvgIpc) is 2.96. The Morgan fingerprint density at radius 2 is 2.33 bits per heavy atom. The van der Waals surface area contributed by atoms with E-state index < -0.39 is 10.0 Å². The first-order valence-corrected chi connectivity index (χ1v) is 10.4. The molecule has 2 atom stereocenters. The van der Waals surface area contributed by atoms with Gasteiger partial charge in [0.25, 0.3) is 0 Å². The van der Waals surface area contributed by atoms with Crippen LogP contribution in [0.1, 0.15) is 38.2 Å². The van der Waals surface area contributed by atoms with Gasteiger partial charge in [-0.3, -0.25) is 9.88 Å². The van der Waals surface area contributed by atoms with Crippen LogP contribution in [0.15, 0.2) is 24.5 Å². The van der Waals surface area contributed by atoms with Crippen molar-refractivity contribution in [2.24, 2.45) is 0 Å². The number of rotatable bonds is 6. The fourth-order valence-electron chi connectivity index (χ4n) is 3.70. The zero-order valence-corrected chi connectivity index (χ0v) is 15.1. The maximum Gasteiger partial charge on any atom is 0.211 e. The van der Waals surface area contributed by atoms with Crippen LogP contribution in [0, 0.1) is 0 Å². The van der Waals surface area contributed by atoms with Gasteiger partial charge < -0.3 is 4.74 Å². The molecule has 0 unspecified atom stereocenters. The third kappa shape index (κ3) is 4.53. The van der Waals surface area contributed by atoms with Gasteiger partial charge in [-0.05, 0) is 44.2 Å². The van der Waals surface area contributed by atoms with E-state index in [2.05, 4.69) is 20.7 Å². The van der Waals surface area contributed by atoms with Crippen molar-refractivity contribution in [3.05, 3.63) is 30.1 Å². The zero-order valence-electron chi connectivity index (χ0n) is 14.3. The lowest BCUT2D eigenvalue weighted by molar-refractivity contribution is -0.118. The molecule has 0 saturated carbocycles. The molecule has 0 amide bonds. The molecule has 0 radical (unpaired) electrons. The van der Waals surface area contributed by atoms with Crippen LogP contribution in [0.4, 0.5) is 0 Å². The van der Waals surface area contributed by atoms with E-state index in [0.717, 1.165) is 45.3 Å². The number of likely N-dealkylation sites (tertiary alicyclic amines) is 1. The lowest BCUT2D eigenvalue weighted by Gasteiger charge is -2.39. The Morgan fingerprint density at radius 3 is 3.08 bits per heavy atom. The van der Waals surface area contributed by atoms with Crippen LogP contribution >= 0.6 is 0 Å². The zero-order chi connectivity index (χ0) is 17.0. The number of hydrogen-bond donors (Lipinski definition) is 1. The molecule has 6 nitrogen and oxygen atoms in total. The maximum atomic E-state index is 11.6. The van der Waals surface area contributed by atoms with Crippen LogP contribution in [0.3, 0.4) is 0 Å². The highest BCUT2D eigenvalue weighted by Gasteiger charge is 2.42. The summed E-state index contributed by atoms with van der Waals surface area (Å²) >= 11 is 0. The Labute approximate surface area is 144 Å². The van der Waals surface area contributed by atoms with Crippen LogP contribution in [0.25, 0.3) is 0 Å². The second-order valence-corrected chi connectivity index (χ2v) is 8.98. The average molecular weight is 353 g/mol. The maximum absolute atomic E-state index is 11.6. The number of nitrogens with zero attached hydrogens (tertiary/aromatic N) is 2. The molecule has 1 aromatic rings. The summed E-state index contributed by atoms with van der Waals surface area (Å²) in [6, 6.07) is 4.07. The first-order chi connectivity index (χ1) is 11.5. The Morgan fingerprint density at radius 1 is 1.46 bits per heavy atom. The quantitative estimate of drug-likeness (QED) is 0.840. The van der Waals surface area contributed by atoms with Crippen LogP contribution in [0.5, 0.6) is 0 Å². The highest BCUT2D eigenvalue weighted by Crippen LogP contribution is 2.37. The molecule has 1 aromatic heterocycles. The lowest BCUT2D eigenvalue weighted by atomic mass is 9.90. The molecule has 0 aromatic carbocycles. The Kier molecular flexibility index (Phi) is 5.54. The summed E-state index contributed by atoms with van der Waals surface area (Å²) in [7, 11) is -3.15. The molecule has 2 aliphatic heterocycles. The molecular formula is C17H27N3O3S. The van der Waals surface area contributed by atoms with Crippen molar-refractivity contribution in [2.75, 3.05) is 25.4 Å². The summed E-state index contributed by atoms with van der Waals surface area (Å²) in [5.74, 6) is 0.115. The van der Waals surface area contributed by atoms with E-state index in [1.54, 1.807) is 13.1 Å². The van der Waals surface area contributed by atoms with Gasteiger partial charge in [0.2, 0.25) is 10.0 Å². The number of pyridine rings is 1. The molecule has 134 valence electrons. The standard InChI is InChI=1S/C17H27N3O3S/c1-2-24(21,22)19-12-16-6-3-7-17(23-16)8-10-20(14-17)13-15-5-4-9-18-11-15/h4-5,9,11,16,19H,2-3,6-8,10,12-14H2,1H3/t16-,17-/m0/s1. The number of sulfonamides is 1. The van der Waals surface area contributed by atoms with Crippen LogP contribution in [0.2, 0.25) is 0 Å². The van der Waals surface area contributed by atoms with E-state index in [1.165, 1.54) is 5.56 Å². The normalized spacial score (nSPS) is 28.5. The Bertz CT molecular complexity index is 638. The number of aromatic nitrogens is 1. The van der Waals surface area contributed by atoms with Gasteiger partial charge in [-0.1, -0.05) is 6.07 Å². The summed E-state index contributed by atoms with van der Waals surface area (Å²) in [4.78, 5) is 6.59. The van der Waals surface area contributed by atoms with Crippen LogP contribution < -0.4 is 4.72 Å². The molecular weight excluding hydrogens is 326 g/mol. The minimum atomic E-state index is -3.15. The van der Waals surface area contributed by atoms with Gasteiger partial charge in [-0.2, -0.15) is 0 Å². The Hall–Kier alpha value is -1.02. The molecule has 1 spiro atoms. The fraction of sp³-hybridized carbons (Fsp3) is 0.706. The summed E-state index contributed by atoms with van der Waals surface area (Å²) in [6.45, 7) is 4.87. The van der Waals surface area contributed by atoms with Crippen molar-refractivity contribution >= 4 is 10.0 Å². The number of nitrogens with one attached hydrogen (secondary N) is 1. The second-order valence-electron chi connectivity index (χ2n) is 6.89. The predicted octanol–water partition coefficient (Wildman–Crippen LogP) is 1.53. The minimum Gasteiger partial charge on any atom is -0.369 e. The summed E-state index contributed by atoms with van der Waals surface area (Å²) < 4.78 is 32.3. The fourth-order valence-corrected chi connectivity index (χ4v) is 4.35. The van der Waals surface area contributed by atoms with E-state index in [1.807, 2.05) is 12.3 Å². The molecule has 2 fully saturated rings. The van der Waals surface area contributed by atoms with Crippen molar-refractivity contribution in [3.63, 3.8) is 0 Å².